The molecule has 0 fully saturated rings. The van der Waals surface area contributed by atoms with Gasteiger partial charge in [0.25, 0.3) is 5.91 Å². The lowest BCUT2D eigenvalue weighted by atomic mass is 9.96. The summed E-state index contributed by atoms with van der Waals surface area (Å²) in [5.74, 6) is 1.09. The Morgan fingerprint density at radius 1 is 0.854 bits per heavy atom. The molecule has 0 atom stereocenters. The predicted octanol–water partition coefficient (Wildman–Crippen LogP) is 6.97. The van der Waals surface area contributed by atoms with Crippen molar-refractivity contribution in [3.05, 3.63) is 126 Å². The number of ether oxygens (including phenoxy) is 1. The lowest BCUT2D eigenvalue weighted by Crippen LogP contribution is -2.30. The number of hydrogen-bond acceptors (Lipinski definition) is 4. The van der Waals surface area contributed by atoms with Crippen molar-refractivity contribution in [3.8, 4) is 16.9 Å². The molecule has 2 aromatic heterocycles. The van der Waals surface area contributed by atoms with Gasteiger partial charge in [0, 0.05) is 43.5 Å². The first-order valence-electron chi connectivity index (χ1n) is 14.0. The molecule has 0 N–H and O–H groups in total. The molecule has 0 spiro atoms. The van der Waals surface area contributed by atoms with E-state index in [1.165, 1.54) is 0 Å². The van der Waals surface area contributed by atoms with E-state index in [0.717, 1.165) is 34.6 Å². The van der Waals surface area contributed by atoms with Gasteiger partial charge in [0.2, 0.25) is 0 Å². The van der Waals surface area contributed by atoms with Gasteiger partial charge < -0.3 is 14.0 Å². The molecule has 6 nitrogen and oxygen atoms in total. The Balaban J connectivity index is 1.25. The molecule has 3 aromatic carbocycles. The number of aromatic nitrogens is 2. The Morgan fingerprint density at radius 2 is 1.51 bits per heavy atom. The zero-order valence-electron chi connectivity index (χ0n) is 23.8. The minimum Gasteiger partial charge on any atom is -0.494 e. The van der Waals surface area contributed by atoms with Gasteiger partial charge in [-0.2, -0.15) is 0 Å². The second-order valence-corrected chi connectivity index (χ2v) is 10.7. The highest BCUT2D eigenvalue weighted by atomic mass is 16.5. The van der Waals surface area contributed by atoms with Crippen LogP contribution in [-0.2, 0) is 6.42 Å². The molecular formula is C35H35N3O3. The smallest absolute Gasteiger partial charge is 0.254 e. The van der Waals surface area contributed by atoms with Crippen molar-refractivity contribution >= 4 is 17.3 Å². The van der Waals surface area contributed by atoms with Crippen LogP contribution in [0.5, 0.6) is 5.75 Å². The molecule has 0 aliphatic rings. The lowest BCUT2D eigenvalue weighted by molar-refractivity contribution is 0.0791. The molecule has 0 saturated heterocycles. The van der Waals surface area contributed by atoms with Crippen LogP contribution in [0.25, 0.3) is 16.8 Å². The summed E-state index contributed by atoms with van der Waals surface area (Å²) in [6.07, 6.45) is 5.57. The molecule has 0 unspecified atom stereocenters. The van der Waals surface area contributed by atoms with Crippen LogP contribution in [-0.4, -0.2) is 46.2 Å². The average Bonchev–Trinajstić information content (AvgIpc) is 3.42. The third-order valence-corrected chi connectivity index (χ3v) is 7.16. The second kappa shape index (κ2) is 12.6. The van der Waals surface area contributed by atoms with E-state index in [4.69, 9.17) is 4.74 Å². The van der Waals surface area contributed by atoms with Crippen molar-refractivity contribution in [2.45, 2.75) is 26.7 Å². The number of pyridine rings is 1. The normalized spacial score (nSPS) is 11.1. The Hall–Kier alpha value is -4.71. The summed E-state index contributed by atoms with van der Waals surface area (Å²) in [7, 11) is 1.76. The molecular weight excluding hydrogens is 510 g/mol. The Bertz CT molecular complexity index is 1600. The maximum atomic E-state index is 13.5. The Morgan fingerprint density at radius 3 is 2.20 bits per heavy atom. The number of carbonyl (C=O) groups excluding carboxylic acids is 2. The number of imidazole rings is 1. The van der Waals surface area contributed by atoms with E-state index in [9.17, 15) is 9.59 Å². The minimum atomic E-state index is -0.190. The fourth-order valence-corrected chi connectivity index (χ4v) is 4.69. The molecule has 0 radical (unpaired) electrons. The monoisotopic (exact) mass is 545 g/mol. The number of fused-ring (bicyclic) bond motifs is 1. The van der Waals surface area contributed by atoms with Gasteiger partial charge in [-0.3, -0.25) is 9.59 Å². The van der Waals surface area contributed by atoms with Crippen LogP contribution in [0.15, 0.2) is 103 Å². The van der Waals surface area contributed by atoms with Gasteiger partial charge in [0.05, 0.1) is 17.9 Å². The molecule has 1 amide bonds. The molecule has 5 rings (SSSR count). The minimum absolute atomic E-state index is 0.178. The van der Waals surface area contributed by atoms with Gasteiger partial charge in [-0.05, 0) is 53.8 Å². The van der Waals surface area contributed by atoms with Crippen molar-refractivity contribution in [2.75, 3.05) is 20.2 Å². The molecule has 208 valence electrons. The highest BCUT2D eigenvalue weighted by Gasteiger charge is 2.21. The van der Waals surface area contributed by atoms with Gasteiger partial charge in [-0.25, -0.2) is 4.98 Å². The molecule has 6 heteroatoms. The maximum Gasteiger partial charge on any atom is 0.254 e. The summed E-state index contributed by atoms with van der Waals surface area (Å²) in [4.78, 5) is 33.2. The third kappa shape index (κ3) is 6.72. The Kier molecular flexibility index (Phi) is 8.59. The summed E-state index contributed by atoms with van der Waals surface area (Å²) in [6, 6.07) is 28.4. The van der Waals surface area contributed by atoms with Crippen LogP contribution in [0.1, 0.15) is 52.2 Å². The van der Waals surface area contributed by atoms with Crippen LogP contribution in [0.2, 0.25) is 0 Å². The summed E-state index contributed by atoms with van der Waals surface area (Å²) in [5.41, 5.74) is 5.17. The number of likely N-dealkylation sites (N-methyl/N-ethyl adjacent to an activating group) is 1. The van der Waals surface area contributed by atoms with Crippen molar-refractivity contribution in [2.24, 2.45) is 5.92 Å². The van der Waals surface area contributed by atoms with Crippen molar-refractivity contribution in [1.82, 2.24) is 14.3 Å². The Labute approximate surface area is 241 Å². The van der Waals surface area contributed by atoms with Crippen molar-refractivity contribution < 1.29 is 14.3 Å². The van der Waals surface area contributed by atoms with E-state index < -0.39 is 0 Å². The first-order valence-corrected chi connectivity index (χ1v) is 14.0. The number of carbonyl (C=O) groups is 2. The number of rotatable bonds is 11. The van der Waals surface area contributed by atoms with E-state index in [1.807, 2.05) is 83.5 Å². The van der Waals surface area contributed by atoms with Gasteiger partial charge in [0.15, 0.2) is 5.78 Å². The third-order valence-electron chi connectivity index (χ3n) is 7.16. The zero-order chi connectivity index (χ0) is 28.8. The largest absolute Gasteiger partial charge is 0.494 e. The fraction of sp³-hybridized carbons (Fsp3) is 0.229. The van der Waals surface area contributed by atoms with Crippen molar-refractivity contribution in [1.29, 1.82) is 0 Å². The zero-order valence-corrected chi connectivity index (χ0v) is 23.8. The summed E-state index contributed by atoms with van der Waals surface area (Å²) >= 11 is 0. The first kappa shape index (κ1) is 27.8. The van der Waals surface area contributed by atoms with Crippen LogP contribution in [0.4, 0.5) is 0 Å². The fourth-order valence-electron chi connectivity index (χ4n) is 4.69. The van der Waals surface area contributed by atoms with E-state index >= 15 is 0 Å². The van der Waals surface area contributed by atoms with Crippen LogP contribution >= 0.6 is 0 Å². The van der Waals surface area contributed by atoms with Gasteiger partial charge in [-0.1, -0.05) is 74.5 Å². The average molecular weight is 546 g/mol. The molecule has 5 aromatic rings. The highest BCUT2D eigenvalue weighted by Crippen LogP contribution is 2.25. The van der Waals surface area contributed by atoms with Gasteiger partial charge in [-0.15, -0.1) is 0 Å². The lowest BCUT2D eigenvalue weighted by Gasteiger charge is -2.18. The predicted molar refractivity (Wildman–Crippen MR) is 163 cm³/mol. The number of hydrogen-bond donors (Lipinski definition) is 0. The number of benzene rings is 3. The molecule has 0 aliphatic heterocycles. The first-order chi connectivity index (χ1) is 19.9. The van der Waals surface area contributed by atoms with Crippen molar-refractivity contribution in [3.63, 3.8) is 0 Å². The van der Waals surface area contributed by atoms with Crippen LogP contribution in [0, 0.1) is 5.92 Å². The maximum absolute atomic E-state index is 13.5. The van der Waals surface area contributed by atoms with Gasteiger partial charge >= 0.3 is 0 Å². The molecule has 0 saturated carbocycles. The van der Waals surface area contributed by atoms with Crippen LogP contribution in [0.3, 0.4) is 0 Å². The quantitative estimate of drug-likeness (QED) is 0.168. The standard InChI is InChI=1S/C35H35N3O3/c1-25(2)20-23-41-30-17-15-27(16-18-30)26-11-13-28(14-12-26)34(39)31-8-4-5-9-32(31)35(40)37(3)22-19-29-24-38-21-7-6-10-33(38)36-29/h4-18,21,24-25H,19-20,22-23H2,1-3H3. The number of nitrogens with zero attached hydrogens (tertiary/aromatic N) is 3. The van der Waals surface area contributed by atoms with E-state index in [0.29, 0.717) is 42.2 Å². The molecule has 41 heavy (non-hydrogen) atoms. The number of ketones is 1. The van der Waals surface area contributed by atoms with E-state index in [-0.39, 0.29) is 11.7 Å². The summed E-state index contributed by atoms with van der Waals surface area (Å²) in [6.45, 7) is 5.56. The molecule has 0 bridgehead atoms. The second-order valence-electron chi connectivity index (χ2n) is 10.7. The SMILES string of the molecule is CC(C)CCOc1ccc(-c2ccc(C(=O)c3ccccc3C(=O)N(C)CCc3cn4ccccc4n3)cc2)cc1. The molecule has 2 heterocycles. The topological polar surface area (TPSA) is 63.9 Å². The summed E-state index contributed by atoms with van der Waals surface area (Å²) in [5, 5.41) is 0. The van der Waals surface area contributed by atoms with Crippen LogP contribution < -0.4 is 4.74 Å². The molecule has 0 aliphatic carbocycles. The summed E-state index contributed by atoms with van der Waals surface area (Å²) < 4.78 is 7.79. The van der Waals surface area contributed by atoms with Gasteiger partial charge in [0.1, 0.15) is 11.4 Å². The highest BCUT2D eigenvalue weighted by molar-refractivity contribution is 6.15. The number of amides is 1. The van der Waals surface area contributed by atoms with E-state index in [1.54, 1.807) is 36.2 Å². The van der Waals surface area contributed by atoms with E-state index in [2.05, 4.69) is 18.8 Å².